The largest absolute Gasteiger partial charge is 0.355 e. The van der Waals surface area contributed by atoms with E-state index in [0.29, 0.717) is 6.16 Å². The van der Waals surface area contributed by atoms with E-state index in [1.807, 2.05) is 0 Å². The molecule has 0 aliphatic carbocycles. The van der Waals surface area contributed by atoms with Gasteiger partial charge in [-0.15, -0.1) is 0 Å². The minimum atomic E-state index is -2.80. The van der Waals surface area contributed by atoms with Gasteiger partial charge in [-0.05, 0) is 32.6 Å². The molecule has 0 aromatic rings. The van der Waals surface area contributed by atoms with Crippen LogP contribution in [-0.4, -0.2) is 24.2 Å². The van der Waals surface area contributed by atoms with E-state index in [2.05, 4.69) is 33.1 Å². The molecule has 3 nitrogen and oxygen atoms in total. The zero-order valence-electron chi connectivity index (χ0n) is 19.8. The highest BCUT2D eigenvalue weighted by Gasteiger charge is 2.26. The van der Waals surface area contributed by atoms with Gasteiger partial charge >= 0.3 is 7.60 Å². The SMILES string of the molecule is CCCCCCCCCCCCCCCCCCP(=O)(O[SiH](C)C)O[SiH](C)C. The first-order valence-corrected chi connectivity index (χ1v) is 19.6. The molecule has 0 aromatic heterocycles. The highest BCUT2D eigenvalue weighted by Crippen LogP contribution is 2.50. The Bertz CT molecular complexity index is 365. The minimum absolute atomic E-state index is 0.627. The number of rotatable bonds is 21. The van der Waals surface area contributed by atoms with Gasteiger partial charge in [-0.25, -0.2) is 0 Å². The van der Waals surface area contributed by atoms with Crippen molar-refractivity contribution >= 4 is 25.7 Å². The number of unbranched alkanes of at least 4 members (excludes halogenated alkanes) is 15. The van der Waals surface area contributed by atoms with Crippen molar-refractivity contribution in [2.24, 2.45) is 0 Å². The lowest BCUT2D eigenvalue weighted by Crippen LogP contribution is -2.14. The molecule has 0 aliphatic rings. The summed E-state index contributed by atoms with van der Waals surface area (Å²) in [5, 5.41) is 0. The highest BCUT2D eigenvalue weighted by molar-refractivity contribution is 7.56. The van der Waals surface area contributed by atoms with Crippen molar-refractivity contribution < 1.29 is 13.0 Å². The summed E-state index contributed by atoms with van der Waals surface area (Å²) in [5.41, 5.74) is 0. The average Bonchev–Trinajstić information content (AvgIpc) is 2.60. The standard InChI is InChI=1S/C22H51O3PSi2/c1-6-7-8-9-10-11-12-13-14-15-16-17-18-19-20-21-22-26(23,24-27(2)3)25-28(4)5/h27-28H,6-22H2,1-5H3. The van der Waals surface area contributed by atoms with Crippen LogP contribution in [0.3, 0.4) is 0 Å². The van der Waals surface area contributed by atoms with Gasteiger partial charge in [-0.2, -0.15) is 0 Å². The van der Waals surface area contributed by atoms with E-state index >= 15 is 0 Å². The topological polar surface area (TPSA) is 35.5 Å². The summed E-state index contributed by atoms with van der Waals surface area (Å²) >= 11 is 0. The van der Waals surface area contributed by atoms with Crippen LogP contribution in [0.4, 0.5) is 0 Å². The molecule has 0 bridgehead atoms. The van der Waals surface area contributed by atoms with Crippen molar-refractivity contribution in [3.05, 3.63) is 0 Å². The molecule has 0 aromatic carbocycles. The molecule has 0 radical (unpaired) electrons. The quantitative estimate of drug-likeness (QED) is 0.0999. The minimum Gasteiger partial charge on any atom is -0.355 e. The molecule has 0 amide bonds. The van der Waals surface area contributed by atoms with Crippen molar-refractivity contribution in [1.82, 2.24) is 0 Å². The van der Waals surface area contributed by atoms with Gasteiger partial charge in [0, 0.05) is 6.16 Å². The Morgan fingerprint density at radius 3 is 1.11 bits per heavy atom. The number of hydrogen-bond acceptors (Lipinski definition) is 3. The molecule has 6 heteroatoms. The predicted octanol–water partition coefficient (Wildman–Crippen LogP) is 8.44. The molecule has 28 heavy (non-hydrogen) atoms. The molecule has 0 saturated heterocycles. The molecule has 0 rings (SSSR count). The van der Waals surface area contributed by atoms with Crippen LogP contribution in [-0.2, 0) is 13.0 Å². The third-order valence-electron chi connectivity index (χ3n) is 5.03. The van der Waals surface area contributed by atoms with Crippen molar-refractivity contribution in [3.8, 4) is 0 Å². The first-order chi connectivity index (χ1) is 13.4. The fourth-order valence-electron chi connectivity index (χ4n) is 3.63. The molecule has 0 aliphatic heterocycles. The lowest BCUT2D eigenvalue weighted by atomic mass is 10.0. The Hall–Kier alpha value is 0.584. The smallest absolute Gasteiger partial charge is 0.310 e. The van der Waals surface area contributed by atoms with E-state index in [1.165, 1.54) is 89.9 Å². The summed E-state index contributed by atoms with van der Waals surface area (Å²) in [7, 11) is -5.43. The molecule has 0 unspecified atom stereocenters. The summed E-state index contributed by atoms with van der Waals surface area (Å²) < 4.78 is 24.4. The third kappa shape index (κ3) is 19.9. The third-order valence-corrected chi connectivity index (χ3v) is 11.8. The Kier molecular flexibility index (Phi) is 19.9. The van der Waals surface area contributed by atoms with Crippen LogP contribution in [0.2, 0.25) is 26.2 Å². The Morgan fingerprint density at radius 2 is 0.821 bits per heavy atom. The lowest BCUT2D eigenvalue weighted by molar-refractivity contribution is 0.392. The van der Waals surface area contributed by atoms with E-state index in [4.69, 9.17) is 8.43 Å². The summed E-state index contributed by atoms with van der Waals surface area (Å²) in [6.07, 6.45) is 22.3. The summed E-state index contributed by atoms with van der Waals surface area (Å²) in [5.74, 6) is 0. The van der Waals surface area contributed by atoms with E-state index in [1.54, 1.807) is 0 Å². The summed E-state index contributed by atoms with van der Waals surface area (Å²) in [4.78, 5) is 0. The molecular weight excluding hydrogens is 399 g/mol. The van der Waals surface area contributed by atoms with Gasteiger partial charge in [0.2, 0.25) is 0 Å². The summed E-state index contributed by atoms with van der Waals surface area (Å²) in [6, 6.07) is 0. The monoisotopic (exact) mass is 450 g/mol. The molecule has 0 saturated carbocycles. The van der Waals surface area contributed by atoms with Gasteiger partial charge in [-0.1, -0.05) is 103 Å². The zero-order valence-corrected chi connectivity index (χ0v) is 23.1. The molecule has 0 fully saturated rings. The molecule has 0 N–H and O–H groups in total. The fourth-order valence-corrected chi connectivity index (χ4v) is 10.9. The van der Waals surface area contributed by atoms with Crippen LogP contribution >= 0.6 is 7.60 Å². The molecule has 0 heterocycles. The van der Waals surface area contributed by atoms with E-state index in [-0.39, 0.29) is 0 Å². The molecule has 0 atom stereocenters. The van der Waals surface area contributed by atoms with Crippen LogP contribution in [0.1, 0.15) is 110 Å². The van der Waals surface area contributed by atoms with Crippen LogP contribution < -0.4 is 0 Å². The van der Waals surface area contributed by atoms with E-state index < -0.39 is 25.7 Å². The maximum atomic E-state index is 12.8. The summed E-state index contributed by atoms with van der Waals surface area (Å²) in [6.45, 7) is 10.6. The number of hydrogen-bond donors (Lipinski definition) is 0. The second-order valence-electron chi connectivity index (χ2n) is 8.95. The molecule has 0 spiro atoms. The normalized spacial score (nSPS) is 12.4. The van der Waals surface area contributed by atoms with Gasteiger partial charge in [0.15, 0.2) is 18.1 Å². The van der Waals surface area contributed by atoms with E-state index in [0.717, 1.165) is 12.8 Å². The van der Waals surface area contributed by atoms with Gasteiger partial charge in [0.1, 0.15) is 0 Å². The van der Waals surface area contributed by atoms with Crippen molar-refractivity contribution in [2.45, 2.75) is 136 Å². The van der Waals surface area contributed by atoms with E-state index in [9.17, 15) is 4.57 Å². The molecule has 170 valence electrons. The maximum absolute atomic E-state index is 12.8. The van der Waals surface area contributed by atoms with Gasteiger partial charge in [0.05, 0.1) is 0 Å². The van der Waals surface area contributed by atoms with Crippen molar-refractivity contribution in [1.29, 1.82) is 0 Å². The van der Waals surface area contributed by atoms with Gasteiger partial charge in [-0.3, -0.25) is 4.57 Å². The van der Waals surface area contributed by atoms with Crippen LogP contribution in [0.25, 0.3) is 0 Å². The Balaban J connectivity index is 3.45. The molecular formula is C22H51O3PSi2. The van der Waals surface area contributed by atoms with Gasteiger partial charge in [0.25, 0.3) is 0 Å². The fraction of sp³-hybridized carbons (Fsp3) is 1.00. The van der Waals surface area contributed by atoms with Gasteiger partial charge < -0.3 is 8.43 Å². The first kappa shape index (κ1) is 28.6. The Morgan fingerprint density at radius 1 is 0.536 bits per heavy atom. The van der Waals surface area contributed by atoms with Crippen LogP contribution in [0, 0.1) is 0 Å². The maximum Gasteiger partial charge on any atom is 0.310 e. The Labute approximate surface area is 180 Å². The van der Waals surface area contributed by atoms with Crippen molar-refractivity contribution in [3.63, 3.8) is 0 Å². The average molecular weight is 451 g/mol. The second kappa shape index (κ2) is 19.5. The zero-order chi connectivity index (χ0) is 21.1. The van der Waals surface area contributed by atoms with Crippen molar-refractivity contribution in [2.75, 3.05) is 6.16 Å². The predicted molar refractivity (Wildman–Crippen MR) is 132 cm³/mol. The second-order valence-corrected chi connectivity index (χ2v) is 16.5. The highest BCUT2D eigenvalue weighted by atomic mass is 31.2. The lowest BCUT2D eigenvalue weighted by Gasteiger charge is -2.23. The van der Waals surface area contributed by atoms with Crippen LogP contribution in [0.5, 0.6) is 0 Å². The van der Waals surface area contributed by atoms with Crippen LogP contribution in [0.15, 0.2) is 0 Å². The first-order valence-electron chi connectivity index (χ1n) is 12.4.